The van der Waals surface area contributed by atoms with Crippen LogP contribution in [0.3, 0.4) is 0 Å². The molecule has 2 aromatic rings. The third kappa shape index (κ3) is 6.79. The zero-order valence-corrected chi connectivity index (χ0v) is 14.6. The van der Waals surface area contributed by atoms with Gasteiger partial charge in [-0.1, -0.05) is 24.3 Å². The first-order chi connectivity index (χ1) is 10.3. The van der Waals surface area contributed by atoms with Gasteiger partial charge in [0.25, 0.3) is 0 Å². The van der Waals surface area contributed by atoms with Crippen molar-refractivity contribution in [1.82, 2.24) is 0 Å². The average molecular weight is 378 g/mol. The van der Waals surface area contributed by atoms with Gasteiger partial charge in [-0.05, 0) is 0 Å². The van der Waals surface area contributed by atoms with Crippen molar-refractivity contribution in [2.24, 2.45) is 0 Å². The first kappa shape index (κ1) is 16.1. The van der Waals surface area contributed by atoms with Gasteiger partial charge in [0, 0.05) is 6.42 Å². The minimum absolute atomic E-state index is 0.767. The maximum atomic E-state index is 6.10. The summed E-state index contributed by atoms with van der Waals surface area (Å²) in [5.74, 6) is 1.53. The van der Waals surface area contributed by atoms with Gasteiger partial charge in [-0.2, -0.15) is 0 Å². The number of benzene rings is 2. The first-order valence-electron chi connectivity index (χ1n) is 6.49. The zero-order valence-electron chi connectivity index (χ0n) is 11.4. The van der Waals surface area contributed by atoms with Crippen LogP contribution in [0.4, 0.5) is 0 Å². The molecule has 0 saturated carbocycles. The third-order valence-electron chi connectivity index (χ3n) is 2.44. The summed E-state index contributed by atoms with van der Waals surface area (Å²) in [4.78, 5) is 0. The summed E-state index contributed by atoms with van der Waals surface area (Å²) >= 11 is -2.75. The number of para-hydroxylation sites is 2. The molecule has 21 heavy (non-hydrogen) atoms. The van der Waals surface area contributed by atoms with Gasteiger partial charge >= 0.3 is 108 Å². The fourth-order valence-electron chi connectivity index (χ4n) is 1.50. The van der Waals surface area contributed by atoms with E-state index >= 15 is 0 Å². The van der Waals surface area contributed by atoms with Gasteiger partial charge < -0.3 is 0 Å². The summed E-state index contributed by atoms with van der Waals surface area (Å²) < 4.78 is 11.1. The van der Waals surface area contributed by atoms with E-state index in [1.165, 1.54) is 0 Å². The normalized spacial score (nSPS) is 11.5. The number of hydrogen-bond donors (Lipinski definition) is 0. The fraction of sp³-hybridized carbons (Fsp3) is 0. The Morgan fingerprint density at radius 1 is 0.619 bits per heavy atom. The number of hydrogen-bond acceptors (Lipinski definition) is 2. The van der Waals surface area contributed by atoms with Crippen LogP contribution in [0.1, 0.15) is 0 Å². The molecule has 3 rings (SSSR count). The molecule has 4 heteroatoms. The number of allylic oxidation sites excluding steroid dienone is 4. The van der Waals surface area contributed by atoms with Crippen molar-refractivity contribution in [3.8, 4) is 11.5 Å². The van der Waals surface area contributed by atoms with Crippen LogP contribution in [0.5, 0.6) is 11.5 Å². The quantitative estimate of drug-likeness (QED) is 0.741. The summed E-state index contributed by atoms with van der Waals surface area (Å²) in [6.45, 7) is 0. The molecule has 0 spiro atoms. The Morgan fingerprint density at radius 3 is 1.38 bits per heavy atom. The topological polar surface area (TPSA) is 18.5 Å². The molecule has 2 aromatic carbocycles. The van der Waals surface area contributed by atoms with Crippen LogP contribution in [-0.2, 0) is 21.4 Å². The van der Waals surface area contributed by atoms with Gasteiger partial charge in [-0.15, -0.1) is 0 Å². The standard InChI is InChI=1S/2C6H6O.C5H5.ClH.Zr/c2*7-6-4-2-1-3-5-6;1-2-4-5-3-1;;/h2*1-5,7H;1-5H;1H;/q;;;;+3/p-3. The molecule has 0 bridgehead atoms. The van der Waals surface area contributed by atoms with E-state index in [9.17, 15) is 0 Å². The van der Waals surface area contributed by atoms with Crippen molar-refractivity contribution in [1.29, 1.82) is 0 Å². The Balaban J connectivity index is 0.000000272. The molecule has 0 aliphatic heterocycles. The fourth-order valence-corrected chi connectivity index (χ4v) is 4.24. The van der Waals surface area contributed by atoms with E-state index in [1.54, 1.807) is 0 Å². The van der Waals surface area contributed by atoms with Gasteiger partial charge in [0.2, 0.25) is 0 Å². The van der Waals surface area contributed by atoms with Crippen LogP contribution in [0, 0.1) is 6.42 Å². The van der Waals surface area contributed by atoms with E-state index in [0.717, 1.165) is 11.5 Å². The Labute approximate surface area is 138 Å². The second-order valence-corrected chi connectivity index (χ2v) is 8.03. The van der Waals surface area contributed by atoms with Crippen molar-refractivity contribution >= 4 is 8.51 Å². The molecule has 0 atom stereocenters. The minimum atomic E-state index is -2.75. The molecule has 1 radical (unpaired) electrons. The molecule has 0 fully saturated rings. The maximum absolute atomic E-state index is 6.10. The molecular weight excluding hydrogens is 363 g/mol. The van der Waals surface area contributed by atoms with Crippen LogP contribution in [0.15, 0.2) is 85.0 Å². The van der Waals surface area contributed by atoms with Crippen molar-refractivity contribution < 1.29 is 27.1 Å². The predicted molar refractivity (Wildman–Crippen MR) is 82.6 cm³/mol. The van der Waals surface area contributed by atoms with Gasteiger partial charge in [0.1, 0.15) is 0 Å². The van der Waals surface area contributed by atoms with Gasteiger partial charge in [-0.25, -0.2) is 0 Å². The first-order valence-corrected chi connectivity index (χ1v) is 11.7. The summed E-state index contributed by atoms with van der Waals surface area (Å²) in [5, 5.41) is 0. The Kier molecular flexibility index (Phi) is 7.34. The van der Waals surface area contributed by atoms with E-state index in [1.807, 2.05) is 91.4 Å². The molecule has 0 N–H and O–H groups in total. The summed E-state index contributed by atoms with van der Waals surface area (Å²) in [7, 11) is 6.10. The molecular formula is C17H15ClO2Zr. The van der Waals surface area contributed by atoms with Crippen molar-refractivity contribution in [2.45, 2.75) is 0 Å². The second-order valence-electron chi connectivity index (χ2n) is 4.03. The predicted octanol–water partition coefficient (Wildman–Crippen LogP) is 5.06. The number of halogens is 1. The van der Waals surface area contributed by atoms with Gasteiger partial charge in [-0.3, -0.25) is 0 Å². The molecule has 1 aliphatic carbocycles. The summed E-state index contributed by atoms with van der Waals surface area (Å²) in [6, 6.07) is 19.0. The molecule has 0 aromatic heterocycles. The van der Waals surface area contributed by atoms with Crippen molar-refractivity contribution in [2.75, 3.05) is 0 Å². The van der Waals surface area contributed by atoms with Gasteiger partial charge in [0.15, 0.2) is 0 Å². The van der Waals surface area contributed by atoms with Crippen LogP contribution in [-0.4, -0.2) is 0 Å². The monoisotopic (exact) mass is 376 g/mol. The number of rotatable bonds is 4. The Bertz CT molecular complexity index is 518. The van der Waals surface area contributed by atoms with Crippen LogP contribution >= 0.6 is 8.51 Å². The molecule has 0 saturated heterocycles. The molecule has 1 aliphatic rings. The van der Waals surface area contributed by atoms with Crippen LogP contribution in [0.2, 0.25) is 0 Å². The van der Waals surface area contributed by atoms with E-state index in [4.69, 9.17) is 14.1 Å². The summed E-state index contributed by atoms with van der Waals surface area (Å²) in [6.07, 6.45) is 10.0. The van der Waals surface area contributed by atoms with Gasteiger partial charge in [0.05, 0.1) is 0 Å². The van der Waals surface area contributed by atoms with E-state index in [-0.39, 0.29) is 0 Å². The molecule has 0 amide bonds. The molecule has 2 nitrogen and oxygen atoms in total. The molecule has 106 valence electrons. The van der Waals surface area contributed by atoms with Crippen molar-refractivity contribution in [3.05, 3.63) is 91.4 Å². The third-order valence-corrected chi connectivity index (χ3v) is 5.30. The SMILES string of the molecule is [CH]1C=CC=C1.[Cl][Zr]([O]c1ccccc1)[O]c1ccccc1. The molecule has 0 heterocycles. The Morgan fingerprint density at radius 2 is 1.05 bits per heavy atom. The van der Waals surface area contributed by atoms with Crippen molar-refractivity contribution in [3.63, 3.8) is 0 Å². The average Bonchev–Trinajstić information content (AvgIpc) is 3.09. The van der Waals surface area contributed by atoms with E-state index in [0.29, 0.717) is 0 Å². The van der Waals surface area contributed by atoms with Crippen LogP contribution in [0.25, 0.3) is 0 Å². The molecule has 0 unspecified atom stereocenters. The Hall–Kier alpha value is -1.31. The second kappa shape index (κ2) is 9.60. The van der Waals surface area contributed by atoms with E-state index < -0.39 is 21.4 Å². The van der Waals surface area contributed by atoms with E-state index in [2.05, 4.69) is 0 Å². The summed E-state index contributed by atoms with van der Waals surface area (Å²) in [5.41, 5.74) is 0. The van der Waals surface area contributed by atoms with Crippen LogP contribution < -0.4 is 5.63 Å². The zero-order chi connectivity index (χ0) is 14.8.